The smallest absolute Gasteiger partial charge is 0.170 e. The molecule has 3 nitrogen and oxygen atoms in total. The van der Waals surface area contributed by atoms with E-state index in [4.69, 9.17) is 9.47 Å². The molecule has 0 N–H and O–H groups in total. The van der Waals surface area contributed by atoms with Gasteiger partial charge in [0.25, 0.3) is 0 Å². The van der Waals surface area contributed by atoms with Crippen LogP contribution in [0.2, 0.25) is 0 Å². The second-order valence-electron chi connectivity index (χ2n) is 3.43. The van der Waals surface area contributed by atoms with E-state index < -0.39 is 0 Å². The van der Waals surface area contributed by atoms with Crippen molar-refractivity contribution in [2.24, 2.45) is 5.92 Å². The fourth-order valence-electron chi connectivity index (χ4n) is 1.49. The Kier molecular flexibility index (Phi) is 3.08. The van der Waals surface area contributed by atoms with E-state index in [1.165, 1.54) is 24.3 Å². The van der Waals surface area contributed by atoms with Crippen LogP contribution in [0.3, 0.4) is 0 Å². The normalized spacial score (nSPS) is 17.7. The third-order valence-corrected chi connectivity index (χ3v) is 2.30. The maximum Gasteiger partial charge on any atom is 0.170 e. The first kappa shape index (κ1) is 10.3. The number of ether oxygens (including phenoxy) is 2. The van der Waals surface area contributed by atoms with E-state index in [0.29, 0.717) is 18.8 Å². The summed E-state index contributed by atoms with van der Waals surface area (Å²) in [5, 5.41) is 0. The first-order chi connectivity index (χ1) is 7.27. The summed E-state index contributed by atoms with van der Waals surface area (Å²) in [5.41, 5.74) is 0.496. The van der Waals surface area contributed by atoms with Crippen LogP contribution in [0.25, 0.3) is 0 Å². The van der Waals surface area contributed by atoms with Gasteiger partial charge in [-0.2, -0.15) is 0 Å². The van der Waals surface area contributed by atoms with Crippen molar-refractivity contribution in [3.63, 3.8) is 0 Å². The van der Waals surface area contributed by atoms with Gasteiger partial charge in [0.15, 0.2) is 5.78 Å². The van der Waals surface area contributed by atoms with Gasteiger partial charge in [-0.05, 0) is 24.3 Å². The van der Waals surface area contributed by atoms with Crippen LogP contribution >= 0.6 is 0 Å². The standard InChI is InChI=1S/C11H11FO3/c12-10-3-1-8(2-4-10)11(13)9-5-14-7-15-6-9/h1-4,9H,5-7H2. The fraction of sp³-hybridized carbons (Fsp3) is 0.364. The molecule has 0 radical (unpaired) electrons. The third kappa shape index (κ3) is 2.40. The molecule has 0 atom stereocenters. The molecule has 1 aliphatic heterocycles. The van der Waals surface area contributed by atoms with Gasteiger partial charge >= 0.3 is 0 Å². The van der Waals surface area contributed by atoms with Gasteiger partial charge in [0.1, 0.15) is 12.6 Å². The summed E-state index contributed by atoms with van der Waals surface area (Å²) >= 11 is 0. The lowest BCUT2D eigenvalue weighted by Crippen LogP contribution is -2.30. The number of hydrogen-bond acceptors (Lipinski definition) is 3. The minimum atomic E-state index is -0.345. The number of rotatable bonds is 2. The molecule has 0 saturated carbocycles. The monoisotopic (exact) mass is 210 g/mol. The van der Waals surface area contributed by atoms with E-state index in [-0.39, 0.29) is 24.3 Å². The third-order valence-electron chi connectivity index (χ3n) is 2.30. The van der Waals surface area contributed by atoms with Gasteiger partial charge in [-0.1, -0.05) is 0 Å². The van der Waals surface area contributed by atoms with Crippen LogP contribution < -0.4 is 0 Å². The van der Waals surface area contributed by atoms with Crippen molar-refractivity contribution in [3.8, 4) is 0 Å². The Labute approximate surface area is 86.8 Å². The maximum atomic E-state index is 12.6. The number of benzene rings is 1. The SMILES string of the molecule is O=C(c1ccc(F)cc1)C1COCOC1. The van der Waals surface area contributed by atoms with Gasteiger partial charge in [-0.3, -0.25) is 4.79 Å². The summed E-state index contributed by atoms with van der Waals surface area (Å²) in [6, 6.07) is 5.51. The van der Waals surface area contributed by atoms with Crippen LogP contribution in [0.4, 0.5) is 4.39 Å². The molecule has 1 heterocycles. The minimum Gasteiger partial charge on any atom is -0.355 e. The van der Waals surface area contributed by atoms with Gasteiger partial charge in [0.05, 0.1) is 19.1 Å². The predicted molar refractivity (Wildman–Crippen MR) is 51.0 cm³/mol. The van der Waals surface area contributed by atoms with E-state index in [2.05, 4.69) is 0 Å². The lowest BCUT2D eigenvalue weighted by atomic mass is 9.99. The molecule has 1 aliphatic rings. The molecule has 0 aromatic heterocycles. The van der Waals surface area contributed by atoms with Crippen LogP contribution in [-0.2, 0) is 9.47 Å². The highest BCUT2D eigenvalue weighted by atomic mass is 19.1. The number of Topliss-reactive ketones (excluding diaryl/α,β-unsaturated/α-hetero) is 1. The van der Waals surface area contributed by atoms with Crippen molar-refractivity contribution in [3.05, 3.63) is 35.6 Å². The van der Waals surface area contributed by atoms with Crippen molar-refractivity contribution in [2.45, 2.75) is 0 Å². The average Bonchev–Trinajstić information content (AvgIpc) is 2.30. The Morgan fingerprint density at radius 2 is 1.80 bits per heavy atom. The Hall–Kier alpha value is -1.26. The fourth-order valence-corrected chi connectivity index (χ4v) is 1.49. The summed E-state index contributed by atoms with van der Waals surface area (Å²) in [6.07, 6.45) is 0. The molecule has 0 bridgehead atoms. The first-order valence-corrected chi connectivity index (χ1v) is 4.72. The zero-order valence-electron chi connectivity index (χ0n) is 8.11. The molecule has 1 aromatic carbocycles. The Morgan fingerprint density at radius 1 is 1.20 bits per heavy atom. The molecular formula is C11H11FO3. The molecule has 4 heteroatoms. The van der Waals surface area contributed by atoms with Crippen LogP contribution in [0.15, 0.2) is 24.3 Å². The molecule has 1 aromatic rings. The number of carbonyl (C=O) groups is 1. The molecule has 1 saturated heterocycles. The van der Waals surface area contributed by atoms with Gasteiger partial charge < -0.3 is 9.47 Å². The van der Waals surface area contributed by atoms with Crippen LogP contribution in [0, 0.1) is 11.7 Å². The van der Waals surface area contributed by atoms with Gasteiger partial charge in [0.2, 0.25) is 0 Å². The van der Waals surface area contributed by atoms with E-state index in [0.717, 1.165) is 0 Å². The zero-order chi connectivity index (χ0) is 10.7. The van der Waals surface area contributed by atoms with Crippen molar-refractivity contribution >= 4 is 5.78 Å². The summed E-state index contributed by atoms with van der Waals surface area (Å²) in [4.78, 5) is 11.8. The molecule has 15 heavy (non-hydrogen) atoms. The van der Waals surface area contributed by atoms with Crippen LogP contribution in [0.1, 0.15) is 10.4 Å². The molecule has 0 aliphatic carbocycles. The van der Waals surface area contributed by atoms with Gasteiger partial charge in [-0.25, -0.2) is 4.39 Å². The molecule has 1 fully saturated rings. The second kappa shape index (κ2) is 4.51. The molecule has 0 spiro atoms. The average molecular weight is 210 g/mol. The summed E-state index contributed by atoms with van der Waals surface area (Å²) < 4.78 is 22.7. The van der Waals surface area contributed by atoms with Crippen LogP contribution in [0.5, 0.6) is 0 Å². The van der Waals surface area contributed by atoms with Crippen LogP contribution in [-0.4, -0.2) is 25.8 Å². The van der Waals surface area contributed by atoms with E-state index >= 15 is 0 Å². The second-order valence-corrected chi connectivity index (χ2v) is 3.43. The quantitative estimate of drug-likeness (QED) is 0.696. The maximum absolute atomic E-state index is 12.6. The van der Waals surface area contributed by atoms with E-state index in [9.17, 15) is 9.18 Å². The number of carbonyl (C=O) groups excluding carboxylic acids is 1. The van der Waals surface area contributed by atoms with Gasteiger partial charge in [-0.15, -0.1) is 0 Å². The Balaban J connectivity index is 2.09. The van der Waals surface area contributed by atoms with Gasteiger partial charge in [0, 0.05) is 5.56 Å². The molecular weight excluding hydrogens is 199 g/mol. The lowest BCUT2D eigenvalue weighted by molar-refractivity contribution is -0.116. The van der Waals surface area contributed by atoms with Crippen molar-refractivity contribution < 1.29 is 18.7 Å². The highest BCUT2D eigenvalue weighted by molar-refractivity contribution is 5.98. The van der Waals surface area contributed by atoms with Crippen molar-refractivity contribution in [1.82, 2.24) is 0 Å². The largest absolute Gasteiger partial charge is 0.355 e. The highest BCUT2D eigenvalue weighted by Crippen LogP contribution is 2.13. The summed E-state index contributed by atoms with van der Waals surface area (Å²) in [5.74, 6) is -0.679. The van der Waals surface area contributed by atoms with Crippen molar-refractivity contribution in [1.29, 1.82) is 0 Å². The molecule has 0 amide bonds. The number of ketones is 1. The molecule has 0 unspecified atom stereocenters. The first-order valence-electron chi connectivity index (χ1n) is 4.72. The van der Waals surface area contributed by atoms with E-state index in [1.54, 1.807) is 0 Å². The minimum absolute atomic E-state index is 0.0605. The zero-order valence-corrected chi connectivity index (χ0v) is 8.11. The number of halogens is 1. The van der Waals surface area contributed by atoms with E-state index in [1.807, 2.05) is 0 Å². The Bertz CT molecular complexity index is 341. The topological polar surface area (TPSA) is 35.5 Å². The number of hydrogen-bond donors (Lipinski definition) is 0. The highest BCUT2D eigenvalue weighted by Gasteiger charge is 2.23. The summed E-state index contributed by atoms with van der Waals surface area (Å²) in [7, 11) is 0. The molecule has 2 rings (SSSR count). The lowest BCUT2D eigenvalue weighted by Gasteiger charge is -2.21. The predicted octanol–water partition coefficient (Wildman–Crippen LogP) is 1.63. The van der Waals surface area contributed by atoms with Crippen molar-refractivity contribution in [2.75, 3.05) is 20.0 Å². The Morgan fingerprint density at radius 3 is 2.40 bits per heavy atom. The molecule has 80 valence electrons. The summed E-state index contributed by atoms with van der Waals surface area (Å²) in [6.45, 7) is 0.986.